The van der Waals surface area contributed by atoms with Crippen LogP contribution < -0.4 is 0 Å². The van der Waals surface area contributed by atoms with Gasteiger partial charge in [0, 0.05) is 31.8 Å². The van der Waals surface area contributed by atoms with Crippen LogP contribution in [0.25, 0.3) is 0 Å². The minimum absolute atomic E-state index is 0.108. The summed E-state index contributed by atoms with van der Waals surface area (Å²) < 4.78 is 5.12. The fraction of sp³-hybridized carbons (Fsp3) is 0.667. The maximum absolute atomic E-state index is 12.2. The van der Waals surface area contributed by atoms with Crippen LogP contribution in [0.3, 0.4) is 0 Å². The molecule has 0 saturated carbocycles. The van der Waals surface area contributed by atoms with E-state index in [1.165, 1.54) is 6.92 Å². The van der Waals surface area contributed by atoms with Gasteiger partial charge in [-0.05, 0) is 13.3 Å². The molecule has 6 nitrogen and oxygen atoms in total. The van der Waals surface area contributed by atoms with Gasteiger partial charge in [0.15, 0.2) is 0 Å². The van der Waals surface area contributed by atoms with Gasteiger partial charge in [0.1, 0.15) is 6.04 Å². The fourth-order valence-electron chi connectivity index (χ4n) is 2.23. The summed E-state index contributed by atoms with van der Waals surface area (Å²) in [5.74, 6) is -0.470. The zero-order chi connectivity index (χ0) is 15.7. The molecule has 0 aliphatic carbocycles. The summed E-state index contributed by atoms with van der Waals surface area (Å²) in [6, 6.07) is -0.597. The molecule has 1 heterocycles. The Morgan fingerprint density at radius 1 is 1.38 bits per heavy atom. The zero-order valence-electron chi connectivity index (χ0n) is 13.1. The molecule has 6 heteroatoms. The van der Waals surface area contributed by atoms with Crippen molar-refractivity contribution in [3.05, 3.63) is 18.2 Å². The third-order valence-corrected chi connectivity index (χ3v) is 3.31. The molecule has 0 aliphatic heterocycles. The largest absolute Gasteiger partial charge is 0.464 e. The van der Waals surface area contributed by atoms with E-state index in [-0.39, 0.29) is 11.9 Å². The Labute approximate surface area is 125 Å². The molecule has 1 aromatic rings. The lowest BCUT2D eigenvalue weighted by Crippen LogP contribution is -2.46. The third kappa shape index (κ3) is 5.57. The smallest absolute Gasteiger partial charge is 0.329 e. The number of nitrogens with zero attached hydrogens (tertiary/aromatic N) is 2. The number of unbranched alkanes of at least 4 members (excludes halogenated alkanes) is 2. The number of hydrogen-bond donors (Lipinski definition) is 1. The maximum atomic E-state index is 12.2. The van der Waals surface area contributed by atoms with E-state index in [0.717, 1.165) is 25.0 Å². The number of nitrogens with one attached hydrogen (secondary N) is 1. The summed E-state index contributed by atoms with van der Waals surface area (Å²) in [5.41, 5.74) is 0.815. The Balaban J connectivity index is 2.83. The van der Waals surface area contributed by atoms with Gasteiger partial charge in [-0.25, -0.2) is 9.78 Å². The van der Waals surface area contributed by atoms with Crippen molar-refractivity contribution >= 4 is 11.9 Å². The van der Waals surface area contributed by atoms with E-state index in [9.17, 15) is 9.59 Å². The van der Waals surface area contributed by atoms with Gasteiger partial charge in [0.05, 0.1) is 12.9 Å². The first-order valence-corrected chi connectivity index (χ1v) is 7.51. The van der Waals surface area contributed by atoms with Crippen molar-refractivity contribution in [2.45, 2.75) is 52.5 Å². The molecule has 118 valence electrons. The van der Waals surface area contributed by atoms with Gasteiger partial charge in [0.2, 0.25) is 5.91 Å². The van der Waals surface area contributed by atoms with Gasteiger partial charge in [-0.1, -0.05) is 19.8 Å². The first-order chi connectivity index (χ1) is 10.1. The van der Waals surface area contributed by atoms with E-state index in [0.29, 0.717) is 19.6 Å². The van der Waals surface area contributed by atoms with E-state index < -0.39 is 6.04 Å². The van der Waals surface area contributed by atoms with E-state index in [2.05, 4.69) is 16.9 Å². The average Bonchev–Trinajstić information content (AvgIpc) is 2.94. The van der Waals surface area contributed by atoms with Crippen LogP contribution in [0.15, 0.2) is 12.5 Å². The van der Waals surface area contributed by atoms with Gasteiger partial charge in [-0.3, -0.25) is 4.79 Å². The van der Waals surface area contributed by atoms with Crippen molar-refractivity contribution in [2.24, 2.45) is 0 Å². The van der Waals surface area contributed by atoms with Crippen LogP contribution in [0, 0.1) is 0 Å². The molecule has 1 rings (SSSR count). The second-order valence-electron chi connectivity index (χ2n) is 4.97. The normalized spacial score (nSPS) is 12.0. The van der Waals surface area contributed by atoms with Gasteiger partial charge in [0.25, 0.3) is 0 Å². The number of hydrogen-bond acceptors (Lipinski definition) is 4. The summed E-state index contributed by atoms with van der Waals surface area (Å²) in [6.45, 7) is 6.23. The van der Waals surface area contributed by atoms with E-state index in [4.69, 9.17) is 4.74 Å². The fourth-order valence-corrected chi connectivity index (χ4v) is 2.23. The summed E-state index contributed by atoms with van der Waals surface area (Å²) in [7, 11) is 0. The first kappa shape index (κ1) is 17.2. The number of carbonyl (C=O) groups is 2. The number of esters is 1. The van der Waals surface area contributed by atoms with Crippen LogP contribution in [-0.2, 0) is 20.7 Å². The van der Waals surface area contributed by atoms with Crippen LogP contribution in [-0.4, -0.2) is 45.9 Å². The van der Waals surface area contributed by atoms with Crippen molar-refractivity contribution < 1.29 is 14.3 Å². The minimum atomic E-state index is -0.597. The summed E-state index contributed by atoms with van der Waals surface area (Å²) in [4.78, 5) is 32.6. The quantitative estimate of drug-likeness (QED) is 0.558. The number of imidazole rings is 1. The lowest BCUT2D eigenvalue weighted by atomic mass is 10.1. The average molecular weight is 295 g/mol. The Morgan fingerprint density at radius 2 is 2.14 bits per heavy atom. The number of aromatic amines is 1. The molecular formula is C15H25N3O3. The topological polar surface area (TPSA) is 75.3 Å². The molecule has 0 bridgehead atoms. The summed E-state index contributed by atoms with van der Waals surface area (Å²) >= 11 is 0. The third-order valence-electron chi connectivity index (χ3n) is 3.31. The molecule has 0 aliphatic rings. The van der Waals surface area contributed by atoms with E-state index in [1.54, 1.807) is 24.3 Å². The SMILES string of the molecule is CCCCCN(C(C)=O)C(Cc1cnc[nH]1)C(=O)OCC. The van der Waals surface area contributed by atoms with Crippen molar-refractivity contribution in [3.63, 3.8) is 0 Å². The number of carbonyl (C=O) groups excluding carboxylic acids is 2. The van der Waals surface area contributed by atoms with Gasteiger partial charge < -0.3 is 14.6 Å². The van der Waals surface area contributed by atoms with Crippen LogP contribution in [0.2, 0.25) is 0 Å². The molecule has 0 fully saturated rings. The van der Waals surface area contributed by atoms with E-state index in [1.807, 2.05) is 0 Å². The second-order valence-corrected chi connectivity index (χ2v) is 4.97. The Kier molecular flexibility index (Phi) is 7.50. The van der Waals surface area contributed by atoms with Gasteiger partial charge in [-0.15, -0.1) is 0 Å². The highest BCUT2D eigenvalue weighted by Gasteiger charge is 2.29. The summed E-state index contributed by atoms with van der Waals surface area (Å²) in [6.07, 6.45) is 6.60. The maximum Gasteiger partial charge on any atom is 0.329 e. The molecule has 1 amide bonds. The van der Waals surface area contributed by atoms with Crippen LogP contribution in [0.5, 0.6) is 0 Å². The van der Waals surface area contributed by atoms with Crippen LogP contribution >= 0.6 is 0 Å². The molecule has 1 unspecified atom stereocenters. The standard InChI is InChI=1S/C15H25N3O3/c1-4-6-7-8-18(12(3)19)14(15(20)21-5-2)9-13-10-16-11-17-13/h10-11,14H,4-9H2,1-3H3,(H,16,17). The highest BCUT2D eigenvalue weighted by atomic mass is 16.5. The van der Waals surface area contributed by atoms with Crippen molar-refractivity contribution in [2.75, 3.05) is 13.2 Å². The number of ether oxygens (including phenoxy) is 1. The lowest BCUT2D eigenvalue weighted by molar-refractivity contribution is -0.154. The zero-order valence-corrected chi connectivity index (χ0v) is 13.1. The minimum Gasteiger partial charge on any atom is -0.464 e. The number of rotatable bonds is 9. The highest BCUT2D eigenvalue weighted by Crippen LogP contribution is 2.11. The molecule has 1 aromatic heterocycles. The van der Waals surface area contributed by atoms with Crippen molar-refractivity contribution in [1.29, 1.82) is 0 Å². The number of H-pyrrole nitrogens is 1. The van der Waals surface area contributed by atoms with Crippen LogP contribution in [0.1, 0.15) is 45.7 Å². The predicted molar refractivity (Wildman–Crippen MR) is 79.6 cm³/mol. The first-order valence-electron chi connectivity index (χ1n) is 7.51. The van der Waals surface area contributed by atoms with Crippen LogP contribution in [0.4, 0.5) is 0 Å². The molecule has 0 spiro atoms. The lowest BCUT2D eigenvalue weighted by Gasteiger charge is -2.29. The molecule has 1 atom stereocenters. The Bertz CT molecular complexity index is 431. The highest BCUT2D eigenvalue weighted by molar-refractivity contribution is 5.83. The van der Waals surface area contributed by atoms with E-state index >= 15 is 0 Å². The summed E-state index contributed by atoms with van der Waals surface area (Å²) in [5, 5.41) is 0. The predicted octanol–water partition coefficient (Wildman–Crippen LogP) is 1.92. The van der Waals surface area contributed by atoms with Gasteiger partial charge in [-0.2, -0.15) is 0 Å². The molecular weight excluding hydrogens is 270 g/mol. The number of amides is 1. The van der Waals surface area contributed by atoms with Crippen molar-refractivity contribution in [1.82, 2.24) is 14.9 Å². The monoisotopic (exact) mass is 295 g/mol. The van der Waals surface area contributed by atoms with Crippen molar-refractivity contribution in [3.8, 4) is 0 Å². The molecule has 1 N–H and O–H groups in total. The Hall–Kier alpha value is -1.85. The second kappa shape index (κ2) is 9.15. The molecule has 21 heavy (non-hydrogen) atoms. The molecule has 0 aromatic carbocycles. The van der Waals surface area contributed by atoms with Gasteiger partial charge >= 0.3 is 5.97 Å². The molecule has 0 saturated heterocycles. The Morgan fingerprint density at radius 3 is 2.67 bits per heavy atom. The number of aromatic nitrogens is 2. The molecule has 0 radical (unpaired) electrons.